The van der Waals surface area contributed by atoms with E-state index in [0.717, 1.165) is 0 Å². The van der Waals surface area contributed by atoms with Crippen molar-refractivity contribution in [1.29, 1.82) is 0 Å². The maximum Gasteiger partial charge on any atom is 0.350 e. The standard InChI is InChI=1S/C3H8NO3S/c1-3(2)4-8(5,6)7/h3H,1-2H3,(H,5,6,7). The maximum atomic E-state index is 9.83. The van der Waals surface area contributed by atoms with Gasteiger partial charge in [0.05, 0.1) is 0 Å². The molecule has 0 aromatic carbocycles. The highest BCUT2D eigenvalue weighted by Crippen LogP contribution is 1.83. The Morgan fingerprint density at radius 1 is 1.50 bits per heavy atom. The second-order valence-electron chi connectivity index (χ2n) is 1.65. The molecular weight excluding hydrogens is 130 g/mol. The molecule has 0 fully saturated rings. The van der Waals surface area contributed by atoms with Crippen LogP contribution in [0.4, 0.5) is 0 Å². The van der Waals surface area contributed by atoms with Crippen molar-refractivity contribution in [3.05, 3.63) is 0 Å². The lowest BCUT2D eigenvalue weighted by Gasteiger charge is -1.97. The van der Waals surface area contributed by atoms with Crippen LogP contribution in [0.2, 0.25) is 0 Å². The van der Waals surface area contributed by atoms with Crippen molar-refractivity contribution < 1.29 is 13.0 Å². The first kappa shape index (κ1) is 7.87. The summed E-state index contributed by atoms with van der Waals surface area (Å²) in [7, 11) is -4.10. The van der Waals surface area contributed by atoms with Crippen LogP contribution in [0.25, 0.3) is 0 Å². The zero-order valence-electron chi connectivity index (χ0n) is 4.70. The van der Waals surface area contributed by atoms with Crippen LogP contribution in [0, 0.1) is 0 Å². The Kier molecular flexibility index (Phi) is 2.39. The molecule has 0 rings (SSSR count). The van der Waals surface area contributed by atoms with E-state index in [-0.39, 0.29) is 6.04 Å². The summed E-state index contributed by atoms with van der Waals surface area (Å²) in [4.78, 5) is 0. The van der Waals surface area contributed by atoms with Crippen LogP contribution in [-0.4, -0.2) is 19.0 Å². The number of rotatable bonds is 2. The van der Waals surface area contributed by atoms with Gasteiger partial charge < -0.3 is 0 Å². The van der Waals surface area contributed by atoms with Gasteiger partial charge in [0.2, 0.25) is 0 Å². The smallest absolute Gasteiger partial charge is 0.272 e. The van der Waals surface area contributed by atoms with Gasteiger partial charge in [-0.2, -0.15) is 8.42 Å². The molecule has 8 heavy (non-hydrogen) atoms. The van der Waals surface area contributed by atoms with Gasteiger partial charge in [-0.3, -0.25) is 4.55 Å². The molecule has 0 saturated heterocycles. The highest BCUT2D eigenvalue weighted by molar-refractivity contribution is 7.83. The second kappa shape index (κ2) is 2.43. The third-order valence-corrected chi connectivity index (χ3v) is 1.03. The largest absolute Gasteiger partial charge is 0.350 e. The Labute approximate surface area is 48.8 Å². The summed E-state index contributed by atoms with van der Waals surface area (Å²) < 4.78 is 30.6. The molecule has 4 nitrogen and oxygen atoms in total. The Morgan fingerprint density at radius 2 is 1.88 bits per heavy atom. The van der Waals surface area contributed by atoms with Crippen molar-refractivity contribution >= 4 is 10.3 Å². The van der Waals surface area contributed by atoms with Gasteiger partial charge >= 0.3 is 10.3 Å². The van der Waals surface area contributed by atoms with Gasteiger partial charge in [0.25, 0.3) is 0 Å². The zero-order chi connectivity index (χ0) is 6.78. The molecule has 1 radical (unpaired) electrons. The van der Waals surface area contributed by atoms with Crippen LogP contribution in [0.15, 0.2) is 0 Å². The van der Waals surface area contributed by atoms with Crippen molar-refractivity contribution in [2.75, 3.05) is 0 Å². The molecule has 49 valence electrons. The topological polar surface area (TPSA) is 68.5 Å². The Bertz CT molecular complexity index is 148. The molecule has 0 aliphatic heterocycles. The normalized spacial score (nSPS) is 12.5. The molecule has 0 unspecified atom stereocenters. The molecule has 0 saturated carbocycles. The summed E-state index contributed by atoms with van der Waals surface area (Å²) in [5.41, 5.74) is 0. The van der Waals surface area contributed by atoms with E-state index in [1.807, 2.05) is 0 Å². The molecule has 1 N–H and O–H groups in total. The van der Waals surface area contributed by atoms with Gasteiger partial charge in [-0.1, -0.05) is 4.72 Å². The summed E-state index contributed by atoms with van der Waals surface area (Å²) in [6, 6.07) is -0.370. The van der Waals surface area contributed by atoms with Crippen molar-refractivity contribution in [2.24, 2.45) is 0 Å². The number of hydrogen-bond donors (Lipinski definition) is 1. The highest BCUT2D eigenvalue weighted by Gasteiger charge is 2.06. The molecular formula is C3H8NO3S. The van der Waals surface area contributed by atoms with Crippen LogP contribution in [0.1, 0.15) is 13.8 Å². The van der Waals surface area contributed by atoms with Crippen LogP contribution < -0.4 is 4.72 Å². The molecule has 0 amide bonds. The van der Waals surface area contributed by atoms with E-state index in [1.54, 1.807) is 13.8 Å². The quantitative estimate of drug-likeness (QED) is 0.537. The predicted molar refractivity (Wildman–Crippen MR) is 28.8 cm³/mol. The highest BCUT2D eigenvalue weighted by atomic mass is 32.2. The minimum Gasteiger partial charge on any atom is -0.272 e. The SMILES string of the molecule is CC(C)[N]S(=O)(=O)O. The fourth-order valence-corrected chi connectivity index (χ4v) is 0.799. The summed E-state index contributed by atoms with van der Waals surface area (Å²) in [5, 5.41) is 0. The Balaban J connectivity index is 3.75. The van der Waals surface area contributed by atoms with Gasteiger partial charge in [0.1, 0.15) is 0 Å². The molecule has 0 heterocycles. The van der Waals surface area contributed by atoms with E-state index in [0.29, 0.717) is 0 Å². The first-order valence-electron chi connectivity index (χ1n) is 2.11. The third kappa shape index (κ3) is 5.87. The second-order valence-corrected chi connectivity index (χ2v) is 2.75. The summed E-state index contributed by atoms with van der Waals surface area (Å²) in [6.07, 6.45) is 0. The van der Waals surface area contributed by atoms with E-state index in [1.165, 1.54) is 0 Å². The number of hydrogen-bond acceptors (Lipinski definition) is 2. The average Bonchev–Trinajstić information content (AvgIpc) is 1.21. The van der Waals surface area contributed by atoms with E-state index < -0.39 is 10.3 Å². The molecule has 0 aromatic rings. The molecule has 0 aliphatic carbocycles. The monoisotopic (exact) mass is 138 g/mol. The third-order valence-electron chi connectivity index (χ3n) is 0.344. The van der Waals surface area contributed by atoms with E-state index in [9.17, 15) is 8.42 Å². The molecule has 0 atom stereocenters. The molecule has 5 heteroatoms. The van der Waals surface area contributed by atoms with Gasteiger partial charge in [-0.05, 0) is 13.8 Å². The predicted octanol–water partition coefficient (Wildman–Crippen LogP) is -0.198. The lowest BCUT2D eigenvalue weighted by molar-refractivity contribution is 0.457. The van der Waals surface area contributed by atoms with Crippen LogP contribution >= 0.6 is 0 Å². The lowest BCUT2D eigenvalue weighted by Crippen LogP contribution is -2.21. The van der Waals surface area contributed by atoms with Crippen LogP contribution in [-0.2, 0) is 10.3 Å². The molecule has 0 bridgehead atoms. The van der Waals surface area contributed by atoms with Crippen molar-refractivity contribution in [2.45, 2.75) is 19.9 Å². The molecule has 0 aromatic heterocycles. The lowest BCUT2D eigenvalue weighted by atomic mass is 10.4. The molecule has 0 spiro atoms. The maximum absolute atomic E-state index is 9.83. The minimum atomic E-state index is -4.10. The average molecular weight is 138 g/mol. The summed E-state index contributed by atoms with van der Waals surface area (Å²) in [5.74, 6) is 0. The Hall–Kier alpha value is -0.130. The first-order valence-corrected chi connectivity index (χ1v) is 3.51. The Morgan fingerprint density at radius 3 is 1.88 bits per heavy atom. The van der Waals surface area contributed by atoms with Crippen molar-refractivity contribution in [3.63, 3.8) is 0 Å². The van der Waals surface area contributed by atoms with Gasteiger partial charge in [-0.15, -0.1) is 0 Å². The summed E-state index contributed by atoms with van der Waals surface area (Å²) >= 11 is 0. The van der Waals surface area contributed by atoms with E-state index >= 15 is 0 Å². The van der Waals surface area contributed by atoms with E-state index in [4.69, 9.17) is 4.55 Å². The van der Waals surface area contributed by atoms with Crippen molar-refractivity contribution in [1.82, 2.24) is 4.72 Å². The van der Waals surface area contributed by atoms with Gasteiger partial charge in [-0.25, -0.2) is 0 Å². The fourth-order valence-electron chi connectivity index (χ4n) is 0.266. The zero-order valence-corrected chi connectivity index (χ0v) is 5.51. The molecule has 0 aliphatic rings. The number of nitrogens with zero attached hydrogens (tertiary/aromatic N) is 1. The first-order chi connectivity index (χ1) is 3.42. The van der Waals surface area contributed by atoms with E-state index in [2.05, 4.69) is 4.72 Å². The van der Waals surface area contributed by atoms with Crippen LogP contribution in [0.5, 0.6) is 0 Å². The van der Waals surface area contributed by atoms with Crippen molar-refractivity contribution in [3.8, 4) is 0 Å². The fraction of sp³-hybridized carbons (Fsp3) is 1.00. The van der Waals surface area contributed by atoms with Gasteiger partial charge in [0.15, 0.2) is 0 Å². The van der Waals surface area contributed by atoms with Crippen LogP contribution in [0.3, 0.4) is 0 Å². The summed E-state index contributed by atoms with van der Waals surface area (Å²) in [6.45, 7) is 3.13. The van der Waals surface area contributed by atoms with Gasteiger partial charge in [0, 0.05) is 6.04 Å². The minimum absolute atomic E-state index is 0.370.